The van der Waals surface area contributed by atoms with Gasteiger partial charge in [-0.05, 0) is 18.2 Å². The van der Waals surface area contributed by atoms with Crippen molar-refractivity contribution in [3.63, 3.8) is 0 Å². The number of hydrogen-bond donors (Lipinski definition) is 0. The lowest BCUT2D eigenvalue weighted by molar-refractivity contribution is -0.163. The lowest BCUT2D eigenvalue weighted by Gasteiger charge is -2.25. The first-order valence-corrected chi connectivity index (χ1v) is 5.97. The zero-order valence-electron chi connectivity index (χ0n) is 11.4. The van der Waals surface area contributed by atoms with Crippen molar-refractivity contribution in [2.75, 3.05) is 20.1 Å². The van der Waals surface area contributed by atoms with Gasteiger partial charge in [0.1, 0.15) is 12.3 Å². The third kappa shape index (κ3) is 5.72. The van der Waals surface area contributed by atoms with E-state index in [1.807, 2.05) is 0 Å². The predicted molar refractivity (Wildman–Crippen MR) is 68.0 cm³/mol. The number of furan rings is 1. The van der Waals surface area contributed by atoms with Gasteiger partial charge in [-0.3, -0.25) is 9.59 Å². The number of halogens is 3. The van der Waals surface area contributed by atoms with Gasteiger partial charge in [-0.1, -0.05) is 6.58 Å². The van der Waals surface area contributed by atoms with E-state index < -0.39 is 31.1 Å². The smallest absolute Gasteiger partial charge is 0.406 e. The van der Waals surface area contributed by atoms with Crippen LogP contribution >= 0.6 is 0 Å². The average molecular weight is 304 g/mol. The number of amides is 2. The fourth-order valence-electron chi connectivity index (χ4n) is 1.58. The lowest BCUT2D eigenvalue weighted by atomic mass is 10.3. The zero-order chi connectivity index (χ0) is 16.0. The van der Waals surface area contributed by atoms with Crippen molar-refractivity contribution in [1.29, 1.82) is 0 Å². The second kappa shape index (κ2) is 6.96. The molecule has 21 heavy (non-hydrogen) atoms. The molecule has 2 amide bonds. The third-order valence-corrected chi connectivity index (χ3v) is 2.57. The molecule has 1 aromatic rings. The molecule has 0 aliphatic heterocycles. The van der Waals surface area contributed by atoms with Gasteiger partial charge in [-0.25, -0.2) is 0 Å². The van der Waals surface area contributed by atoms with Crippen molar-refractivity contribution in [3.8, 4) is 0 Å². The van der Waals surface area contributed by atoms with Crippen LogP contribution in [0.4, 0.5) is 13.2 Å². The molecule has 0 atom stereocenters. The first-order valence-electron chi connectivity index (χ1n) is 5.97. The van der Waals surface area contributed by atoms with Crippen molar-refractivity contribution >= 4 is 11.8 Å². The molecule has 0 fully saturated rings. The summed E-state index contributed by atoms with van der Waals surface area (Å²) < 4.78 is 42.6. The highest BCUT2D eigenvalue weighted by Crippen LogP contribution is 2.18. The van der Waals surface area contributed by atoms with Gasteiger partial charge in [0, 0.05) is 7.05 Å². The second-order valence-corrected chi connectivity index (χ2v) is 4.34. The van der Waals surface area contributed by atoms with Crippen LogP contribution in [0.1, 0.15) is 5.76 Å². The summed E-state index contributed by atoms with van der Waals surface area (Å²) in [6, 6.07) is 2.98. The Labute approximate surface area is 119 Å². The van der Waals surface area contributed by atoms with Crippen LogP contribution in [0.25, 0.3) is 0 Å². The number of carbonyl (C=O) groups is 2. The van der Waals surface area contributed by atoms with E-state index in [4.69, 9.17) is 4.42 Å². The van der Waals surface area contributed by atoms with Crippen LogP contribution < -0.4 is 0 Å². The fraction of sp³-hybridized carbons (Fsp3) is 0.385. The molecule has 1 heterocycles. The third-order valence-electron chi connectivity index (χ3n) is 2.57. The number of hydrogen-bond acceptors (Lipinski definition) is 3. The predicted octanol–water partition coefficient (Wildman–Crippen LogP) is 1.81. The van der Waals surface area contributed by atoms with Gasteiger partial charge in [0.25, 0.3) is 0 Å². The molecule has 0 unspecified atom stereocenters. The minimum atomic E-state index is -4.54. The van der Waals surface area contributed by atoms with Gasteiger partial charge in [-0.15, -0.1) is 0 Å². The summed E-state index contributed by atoms with van der Waals surface area (Å²) in [6.45, 7) is 1.04. The lowest BCUT2D eigenvalue weighted by Crippen LogP contribution is -2.44. The van der Waals surface area contributed by atoms with Gasteiger partial charge in [0.05, 0.1) is 19.4 Å². The molecule has 0 bridgehead atoms. The van der Waals surface area contributed by atoms with Crippen LogP contribution in [0.5, 0.6) is 0 Å². The SMILES string of the molecule is C=CC(=O)N(C)CC(=O)N(Cc1ccco1)CC(F)(F)F. The Morgan fingerprint density at radius 3 is 2.57 bits per heavy atom. The highest BCUT2D eigenvalue weighted by atomic mass is 19.4. The topological polar surface area (TPSA) is 53.8 Å². The molecule has 1 rings (SSSR count). The zero-order valence-corrected chi connectivity index (χ0v) is 11.4. The quantitative estimate of drug-likeness (QED) is 0.753. The maximum absolute atomic E-state index is 12.5. The number of alkyl halides is 3. The summed E-state index contributed by atoms with van der Waals surface area (Å²) in [6.07, 6.45) is -2.25. The Balaban J connectivity index is 2.77. The van der Waals surface area contributed by atoms with Gasteiger partial charge in [0.2, 0.25) is 11.8 Å². The van der Waals surface area contributed by atoms with Gasteiger partial charge in [0.15, 0.2) is 0 Å². The van der Waals surface area contributed by atoms with E-state index in [0.717, 1.165) is 11.0 Å². The molecule has 0 radical (unpaired) electrons. The van der Waals surface area contributed by atoms with E-state index in [9.17, 15) is 22.8 Å². The summed E-state index contributed by atoms with van der Waals surface area (Å²) in [5, 5.41) is 0. The van der Waals surface area contributed by atoms with E-state index in [0.29, 0.717) is 4.90 Å². The van der Waals surface area contributed by atoms with Crippen LogP contribution in [-0.4, -0.2) is 47.9 Å². The standard InChI is InChI=1S/C13H15F3N2O3/c1-3-11(19)17(2)8-12(20)18(9-13(14,15)16)7-10-5-4-6-21-10/h3-6H,1,7-9H2,2H3. The molecule has 0 saturated heterocycles. The van der Waals surface area contributed by atoms with Crippen molar-refractivity contribution < 1.29 is 27.2 Å². The number of likely N-dealkylation sites (N-methyl/N-ethyl adjacent to an activating group) is 1. The van der Waals surface area contributed by atoms with E-state index in [2.05, 4.69) is 6.58 Å². The number of nitrogens with zero attached hydrogens (tertiary/aromatic N) is 2. The fourth-order valence-corrected chi connectivity index (χ4v) is 1.58. The van der Waals surface area contributed by atoms with Crippen LogP contribution in [0.3, 0.4) is 0 Å². The summed E-state index contributed by atoms with van der Waals surface area (Å²) in [7, 11) is 1.31. The first kappa shape index (κ1) is 16.8. The largest absolute Gasteiger partial charge is 0.467 e. The molecule has 0 saturated carbocycles. The molecule has 5 nitrogen and oxygen atoms in total. The van der Waals surface area contributed by atoms with Crippen molar-refractivity contribution in [2.24, 2.45) is 0 Å². The van der Waals surface area contributed by atoms with E-state index in [1.165, 1.54) is 25.4 Å². The Kier molecular flexibility index (Phi) is 5.57. The highest BCUT2D eigenvalue weighted by molar-refractivity contribution is 5.90. The molecular formula is C13H15F3N2O3. The van der Waals surface area contributed by atoms with Crippen LogP contribution in [0.2, 0.25) is 0 Å². The summed E-state index contributed by atoms with van der Waals surface area (Å²) in [5.41, 5.74) is 0. The molecular weight excluding hydrogens is 289 g/mol. The average Bonchev–Trinajstić information content (AvgIpc) is 2.88. The van der Waals surface area contributed by atoms with Crippen LogP contribution in [0.15, 0.2) is 35.5 Å². The molecule has 0 spiro atoms. The maximum Gasteiger partial charge on any atom is 0.406 e. The Morgan fingerprint density at radius 1 is 1.43 bits per heavy atom. The van der Waals surface area contributed by atoms with Crippen molar-refractivity contribution in [2.45, 2.75) is 12.7 Å². The van der Waals surface area contributed by atoms with Gasteiger partial charge < -0.3 is 14.2 Å². The summed E-state index contributed by atoms with van der Waals surface area (Å²) in [4.78, 5) is 24.8. The monoisotopic (exact) mass is 304 g/mol. The molecule has 0 aliphatic rings. The minimum Gasteiger partial charge on any atom is -0.467 e. The molecule has 116 valence electrons. The Morgan fingerprint density at radius 2 is 2.10 bits per heavy atom. The van der Waals surface area contributed by atoms with Crippen LogP contribution in [0, 0.1) is 0 Å². The molecule has 0 aliphatic carbocycles. The van der Waals surface area contributed by atoms with Crippen molar-refractivity contribution in [3.05, 3.63) is 36.8 Å². The van der Waals surface area contributed by atoms with E-state index >= 15 is 0 Å². The molecule has 0 aromatic carbocycles. The van der Waals surface area contributed by atoms with Crippen molar-refractivity contribution in [1.82, 2.24) is 9.80 Å². The number of rotatable bonds is 6. The molecule has 1 aromatic heterocycles. The second-order valence-electron chi connectivity index (χ2n) is 4.34. The van der Waals surface area contributed by atoms with Gasteiger partial charge in [-0.2, -0.15) is 13.2 Å². The summed E-state index contributed by atoms with van der Waals surface area (Å²) in [5.74, 6) is -1.15. The normalized spacial score (nSPS) is 11.0. The highest BCUT2D eigenvalue weighted by Gasteiger charge is 2.33. The molecule has 0 N–H and O–H groups in total. The van der Waals surface area contributed by atoms with Crippen LogP contribution in [-0.2, 0) is 16.1 Å². The van der Waals surface area contributed by atoms with Gasteiger partial charge >= 0.3 is 6.18 Å². The Bertz CT molecular complexity index is 497. The first-order chi connectivity index (χ1) is 9.73. The number of carbonyl (C=O) groups excluding carboxylic acids is 2. The maximum atomic E-state index is 12.5. The molecule has 8 heteroatoms. The summed E-state index contributed by atoms with van der Waals surface area (Å²) >= 11 is 0. The Hall–Kier alpha value is -2.25. The van der Waals surface area contributed by atoms with E-state index in [1.54, 1.807) is 0 Å². The minimum absolute atomic E-state index is 0.227. The van der Waals surface area contributed by atoms with E-state index in [-0.39, 0.29) is 12.3 Å².